The smallest absolute Gasteiger partial charge is 0.267 e. The average molecular weight is 156 g/mol. The summed E-state index contributed by atoms with van der Waals surface area (Å²) in [5.41, 5.74) is 0. The fraction of sp³-hybridized carbons (Fsp3) is 0.667. The van der Waals surface area contributed by atoms with Crippen molar-refractivity contribution in [2.75, 3.05) is 14.1 Å². The van der Waals surface area contributed by atoms with E-state index in [9.17, 15) is 4.79 Å². The predicted octanol–water partition coefficient (Wildman–Crippen LogP) is 1.14. The monoisotopic (exact) mass is 155 g/mol. The Morgan fingerprint density at radius 1 is 1.62 bits per heavy atom. The Labute approximate surface area is 54.6 Å². The molecule has 0 aliphatic rings. The van der Waals surface area contributed by atoms with E-state index in [1.165, 1.54) is 4.90 Å². The highest BCUT2D eigenvalue weighted by molar-refractivity contribution is 7.57. The van der Waals surface area contributed by atoms with Crippen LogP contribution >= 0.6 is 19.1 Å². The van der Waals surface area contributed by atoms with Crippen LogP contribution in [0.4, 0.5) is 0 Å². The average Bonchev–Trinajstić information content (AvgIpc) is 1.69. The molecule has 0 spiro atoms. The number of amides is 1. The lowest BCUT2D eigenvalue weighted by molar-refractivity contribution is -0.115. The first kappa shape index (κ1) is 10.8. The molecular formula is C3H7ClNO2P. The second kappa shape index (κ2) is 9.97. The van der Waals surface area contributed by atoms with Gasteiger partial charge in [0, 0.05) is 14.1 Å². The van der Waals surface area contributed by atoms with Crippen LogP contribution in [0.2, 0.25) is 0 Å². The van der Waals surface area contributed by atoms with Crippen LogP contribution in [0, 0.1) is 0 Å². The van der Waals surface area contributed by atoms with Gasteiger partial charge in [-0.15, -0.1) is 0 Å². The normalized spacial score (nSPS) is 6.88. The summed E-state index contributed by atoms with van der Waals surface area (Å²) in [6.07, 6.45) is 0.750. The Balaban J connectivity index is 0. The Kier molecular flexibility index (Phi) is 13.4. The zero-order chi connectivity index (χ0) is 6.99. The number of carbonyl (C=O) groups is 1. The van der Waals surface area contributed by atoms with Gasteiger partial charge in [-0.3, -0.25) is 9.36 Å². The number of halogens is 1. The van der Waals surface area contributed by atoms with Crippen molar-refractivity contribution in [2.45, 2.75) is 0 Å². The van der Waals surface area contributed by atoms with Crippen LogP contribution in [0.15, 0.2) is 0 Å². The van der Waals surface area contributed by atoms with Crippen LogP contribution in [-0.2, 0) is 9.36 Å². The van der Waals surface area contributed by atoms with Crippen molar-refractivity contribution in [3.8, 4) is 0 Å². The first-order valence-corrected chi connectivity index (χ1v) is 3.46. The zero-order valence-corrected chi connectivity index (χ0v) is 6.32. The molecule has 1 amide bonds. The van der Waals surface area contributed by atoms with Crippen molar-refractivity contribution in [1.29, 1.82) is 0 Å². The second-order valence-corrected chi connectivity index (χ2v) is 1.69. The summed E-state index contributed by atoms with van der Waals surface area (Å²) in [5, 5.41) is 0. The zero-order valence-electron chi connectivity index (χ0n) is 4.67. The van der Waals surface area contributed by atoms with Crippen molar-refractivity contribution in [3.63, 3.8) is 0 Å². The topological polar surface area (TPSA) is 37.4 Å². The number of hydrogen-bond donors (Lipinski definition) is 0. The Bertz CT molecular complexity index is 68.3. The number of rotatable bonds is 1. The molecule has 0 N–H and O–H groups in total. The van der Waals surface area contributed by atoms with Crippen molar-refractivity contribution in [2.24, 2.45) is 0 Å². The van der Waals surface area contributed by atoms with Crippen LogP contribution in [0.3, 0.4) is 0 Å². The first-order chi connectivity index (χ1) is 3.68. The van der Waals surface area contributed by atoms with Gasteiger partial charge in [0.2, 0.25) is 6.41 Å². The van der Waals surface area contributed by atoms with E-state index in [0.717, 1.165) is 6.41 Å². The van der Waals surface area contributed by atoms with Gasteiger partial charge in [-0.2, -0.15) is 0 Å². The minimum atomic E-state index is -0.361. The molecule has 0 bridgehead atoms. The van der Waals surface area contributed by atoms with Gasteiger partial charge in [0.05, 0.1) is 0 Å². The van der Waals surface area contributed by atoms with Gasteiger partial charge in [-0.05, 0) is 11.2 Å². The molecule has 0 aromatic carbocycles. The van der Waals surface area contributed by atoms with Gasteiger partial charge in [-0.25, -0.2) is 0 Å². The van der Waals surface area contributed by atoms with Crippen LogP contribution in [0.5, 0.6) is 0 Å². The maximum atomic E-state index is 9.43. The van der Waals surface area contributed by atoms with Crippen molar-refractivity contribution >= 4 is 25.5 Å². The Hall–Kier alpha value is -0.140. The quantitative estimate of drug-likeness (QED) is 0.421. The highest BCUT2D eigenvalue weighted by Crippen LogP contribution is 1.92. The minimum Gasteiger partial charge on any atom is -0.351 e. The summed E-state index contributed by atoms with van der Waals surface area (Å²) >= 11 is 4.42. The van der Waals surface area contributed by atoms with Crippen LogP contribution in [0.25, 0.3) is 0 Å². The van der Waals surface area contributed by atoms with Gasteiger partial charge < -0.3 is 4.90 Å². The van der Waals surface area contributed by atoms with Gasteiger partial charge >= 0.3 is 0 Å². The first-order valence-electron chi connectivity index (χ1n) is 1.74. The number of carbonyl (C=O) groups excluding carboxylic acids is 1. The molecule has 0 saturated carbocycles. The van der Waals surface area contributed by atoms with Crippen molar-refractivity contribution < 1.29 is 9.36 Å². The van der Waals surface area contributed by atoms with E-state index < -0.39 is 0 Å². The summed E-state index contributed by atoms with van der Waals surface area (Å²) in [5.74, 6) is 0. The lowest BCUT2D eigenvalue weighted by Crippen LogP contribution is -2.06. The van der Waals surface area contributed by atoms with E-state index in [4.69, 9.17) is 4.57 Å². The standard InChI is InChI=1S/C3H7NO.ClOP/c1-4(2)3-5;1-3-2/h3H,1-2H3;. The van der Waals surface area contributed by atoms with Crippen LogP contribution in [0.1, 0.15) is 0 Å². The molecule has 8 heavy (non-hydrogen) atoms. The van der Waals surface area contributed by atoms with E-state index in [-0.39, 0.29) is 7.81 Å². The molecule has 0 fully saturated rings. The van der Waals surface area contributed by atoms with Crippen molar-refractivity contribution in [3.05, 3.63) is 0 Å². The summed E-state index contributed by atoms with van der Waals surface area (Å²) in [7, 11) is 3.01. The second-order valence-electron chi connectivity index (χ2n) is 1.14. The van der Waals surface area contributed by atoms with Gasteiger partial charge in [0.25, 0.3) is 7.81 Å². The van der Waals surface area contributed by atoms with Gasteiger partial charge in [0.15, 0.2) is 0 Å². The summed E-state index contributed by atoms with van der Waals surface area (Å²) in [4.78, 5) is 10.9. The molecule has 0 aliphatic carbocycles. The molecule has 48 valence electrons. The molecule has 0 unspecified atom stereocenters. The summed E-state index contributed by atoms with van der Waals surface area (Å²) < 4.78 is 8.67. The molecule has 3 nitrogen and oxygen atoms in total. The maximum absolute atomic E-state index is 9.43. The van der Waals surface area contributed by atoms with Gasteiger partial charge in [0.1, 0.15) is 0 Å². The third kappa shape index (κ3) is 40.0. The molecule has 0 atom stereocenters. The molecule has 0 rings (SSSR count). The molecule has 5 heteroatoms. The molecular weight excluding hydrogens is 148 g/mol. The molecule has 0 aliphatic heterocycles. The molecule has 0 aromatic heterocycles. The van der Waals surface area contributed by atoms with E-state index in [2.05, 4.69) is 11.2 Å². The lowest BCUT2D eigenvalue weighted by Gasteiger charge is -1.93. The number of nitrogens with zero attached hydrogens (tertiary/aromatic N) is 1. The Morgan fingerprint density at radius 3 is 1.75 bits per heavy atom. The SMILES string of the molecule is CN(C)C=O.O=PCl. The van der Waals surface area contributed by atoms with E-state index in [0.29, 0.717) is 0 Å². The lowest BCUT2D eigenvalue weighted by atomic mass is 11.0. The van der Waals surface area contributed by atoms with E-state index in [1.54, 1.807) is 14.1 Å². The summed E-state index contributed by atoms with van der Waals surface area (Å²) in [6.45, 7) is 0. The molecule has 0 heterocycles. The number of hydrogen-bond acceptors (Lipinski definition) is 2. The third-order valence-corrected chi connectivity index (χ3v) is 0.211. The maximum Gasteiger partial charge on any atom is 0.267 e. The molecule has 0 radical (unpaired) electrons. The fourth-order valence-corrected chi connectivity index (χ4v) is 0. The predicted molar refractivity (Wildman–Crippen MR) is 33.2 cm³/mol. The van der Waals surface area contributed by atoms with Crippen LogP contribution < -0.4 is 0 Å². The largest absolute Gasteiger partial charge is 0.351 e. The van der Waals surface area contributed by atoms with Crippen LogP contribution in [-0.4, -0.2) is 25.4 Å². The third-order valence-electron chi connectivity index (χ3n) is 0.211. The Morgan fingerprint density at radius 2 is 1.75 bits per heavy atom. The molecule has 0 saturated heterocycles. The van der Waals surface area contributed by atoms with E-state index in [1.807, 2.05) is 0 Å². The minimum absolute atomic E-state index is 0.361. The van der Waals surface area contributed by atoms with Crippen molar-refractivity contribution in [1.82, 2.24) is 4.90 Å². The highest BCUT2D eigenvalue weighted by Gasteiger charge is 1.68. The van der Waals surface area contributed by atoms with Gasteiger partial charge in [-0.1, -0.05) is 0 Å². The molecule has 0 aromatic rings. The highest BCUT2D eigenvalue weighted by atomic mass is 35.7. The van der Waals surface area contributed by atoms with E-state index >= 15 is 0 Å². The fourth-order valence-electron chi connectivity index (χ4n) is 0. The summed E-state index contributed by atoms with van der Waals surface area (Å²) in [6, 6.07) is 0.